The van der Waals surface area contributed by atoms with Crippen molar-refractivity contribution in [2.75, 3.05) is 19.0 Å². The van der Waals surface area contributed by atoms with Gasteiger partial charge < -0.3 is 20.5 Å². The minimum absolute atomic E-state index is 0.0507. The molecular weight excluding hydrogens is 289 g/mol. The van der Waals surface area contributed by atoms with E-state index in [1.807, 2.05) is 0 Å². The Hall–Kier alpha value is -1.80. The maximum atomic E-state index is 13.0. The fourth-order valence-electron chi connectivity index (χ4n) is 2.13. The largest absolute Gasteiger partial charge is 0.497 e. The highest BCUT2D eigenvalue weighted by Crippen LogP contribution is 2.37. The molecule has 3 N–H and O–H groups in total. The minimum atomic E-state index is -4.61. The summed E-state index contributed by atoms with van der Waals surface area (Å²) in [6.45, 7) is 0.243. The average Bonchev–Trinajstić information content (AvgIpc) is 2.84. The Morgan fingerprint density at radius 3 is 2.71 bits per heavy atom. The Morgan fingerprint density at radius 1 is 1.48 bits per heavy atom. The number of hydrogen-bond donors (Lipinski definition) is 3. The molecule has 5 nitrogen and oxygen atoms in total. The van der Waals surface area contributed by atoms with Crippen LogP contribution in [0.5, 0.6) is 5.75 Å². The number of ether oxygens (including phenoxy) is 1. The lowest BCUT2D eigenvalue weighted by molar-refractivity contribution is -0.137. The Balaban J connectivity index is 2.21. The zero-order valence-electron chi connectivity index (χ0n) is 11.2. The highest BCUT2D eigenvalue weighted by atomic mass is 19.4. The number of nitrogens with one attached hydrogen (secondary N) is 2. The number of benzene rings is 1. The number of β-amino-alcohol motifs (C(OH)–C–C–N with tert-alkyl or cyclic N) is 1. The number of amides is 1. The summed E-state index contributed by atoms with van der Waals surface area (Å²) >= 11 is 0. The molecule has 0 saturated carbocycles. The molecular formula is C13H15F3N2O3. The summed E-state index contributed by atoms with van der Waals surface area (Å²) in [6.07, 6.45) is -5.11. The van der Waals surface area contributed by atoms with E-state index in [9.17, 15) is 23.1 Å². The maximum absolute atomic E-state index is 13.0. The van der Waals surface area contributed by atoms with Gasteiger partial charge in [0.05, 0.1) is 30.5 Å². The molecule has 0 aliphatic carbocycles. The molecule has 0 radical (unpaired) electrons. The molecule has 1 aliphatic rings. The van der Waals surface area contributed by atoms with E-state index in [-0.39, 0.29) is 24.4 Å². The molecule has 0 aromatic heterocycles. The molecule has 1 aromatic rings. The van der Waals surface area contributed by atoms with Gasteiger partial charge in [-0.3, -0.25) is 4.79 Å². The molecule has 116 valence electrons. The quantitative estimate of drug-likeness (QED) is 0.789. The molecule has 2 rings (SSSR count). The van der Waals surface area contributed by atoms with Crippen LogP contribution >= 0.6 is 0 Å². The SMILES string of the molecule is COc1ccc(NC(=O)C2CC(O)CN2)c(C(F)(F)F)c1. The lowest BCUT2D eigenvalue weighted by atomic mass is 10.1. The molecule has 1 aromatic carbocycles. The predicted octanol–water partition coefficient (Wildman–Crippen LogP) is 1.38. The first-order valence-electron chi connectivity index (χ1n) is 6.29. The summed E-state index contributed by atoms with van der Waals surface area (Å²) in [5.41, 5.74) is -1.31. The van der Waals surface area contributed by atoms with Crippen LogP contribution in [-0.2, 0) is 11.0 Å². The Bertz CT molecular complexity index is 534. The van der Waals surface area contributed by atoms with Gasteiger partial charge in [0.1, 0.15) is 5.75 Å². The van der Waals surface area contributed by atoms with Gasteiger partial charge in [-0.15, -0.1) is 0 Å². The summed E-state index contributed by atoms with van der Waals surface area (Å²) in [7, 11) is 1.26. The van der Waals surface area contributed by atoms with Crippen molar-refractivity contribution >= 4 is 11.6 Å². The maximum Gasteiger partial charge on any atom is 0.418 e. The second-order valence-electron chi connectivity index (χ2n) is 4.75. The molecule has 0 spiro atoms. The van der Waals surface area contributed by atoms with Gasteiger partial charge in [0, 0.05) is 6.54 Å². The number of carbonyl (C=O) groups excluding carboxylic acids is 1. The van der Waals surface area contributed by atoms with Crippen molar-refractivity contribution in [1.82, 2.24) is 5.32 Å². The van der Waals surface area contributed by atoms with Crippen molar-refractivity contribution in [2.24, 2.45) is 0 Å². The standard InChI is InChI=1S/C13H15F3N2O3/c1-21-8-2-3-10(9(5-8)13(14,15)16)18-12(20)11-4-7(19)6-17-11/h2-3,5,7,11,17,19H,4,6H2,1H3,(H,18,20). The third-order valence-electron chi connectivity index (χ3n) is 3.21. The number of aliphatic hydroxyl groups is 1. The number of alkyl halides is 3. The summed E-state index contributed by atoms with van der Waals surface area (Å²) in [6, 6.07) is 2.60. The highest BCUT2D eigenvalue weighted by Gasteiger charge is 2.35. The van der Waals surface area contributed by atoms with Crippen LogP contribution in [0.2, 0.25) is 0 Å². The minimum Gasteiger partial charge on any atom is -0.497 e. The molecule has 1 fully saturated rings. The molecule has 1 aliphatic heterocycles. The number of methoxy groups -OCH3 is 1. The first-order valence-corrected chi connectivity index (χ1v) is 6.29. The van der Waals surface area contributed by atoms with E-state index in [1.165, 1.54) is 13.2 Å². The van der Waals surface area contributed by atoms with E-state index in [0.29, 0.717) is 0 Å². The third kappa shape index (κ3) is 3.64. The van der Waals surface area contributed by atoms with Gasteiger partial charge in [-0.25, -0.2) is 0 Å². The monoisotopic (exact) mass is 304 g/mol. The van der Waals surface area contributed by atoms with Crippen LogP contribution in [0.25, 0.3) is 0 Å². The molecule has 0 bridgehead atoms. The summed E-state index contributed by atoms with van der Waals surface area (Å²) < 4.78 is 43.7. The zero-order valence-corrected chi connectivity index (χ0v) is 11.2. The topological polar surface area (TPSA) is 70.6 Å². The second kappa shape index (κ2) is 5.90. The van der Waals surface area contributed by atoms with Crippen molar-refractivity contribution in [2.45, 2.75) is 24.7 Å². The fraction of sp³-hybridized carbons (Fsp3) is 0.462. The smallest absolute Gasteiger partial charge is 0.418 e. The molecule has 21 heavy (non-hydrogen) atoms. The van der Waals surface area contributed by atoms with Gasteiger partial charge in [0.15, 0.2) is 0 Å². The number of carbonyl (C=O) groups is 1. The van der Waals surface area contributed by atoms with Gasteiger partial charge in [-0.2, -0.15) is 13.2 Å². The predicted molar refractivity (Wildman–Crippen MR) is 69.0 cm³/mol. The van der Waals surface area contributed by atoms with Gasteiger partial charge in [0.25, 0.3) is 0 Å². The molecule has 1 saturated heterocycles. The molecule has 8 heteroatoms. The highest BCUT2D eigenvalue weighted by molar-refractivity contribution is 5.95. The van der Waals surface area contributed by atoms with E-state index in [0.717, 1.165) is 12.1 Å². The van der Waals surface area contributed by atoms with Crippen molar-refractivity contribution in [3.8, 4) is 5.75 Å². The van der Waals surface area contributed by atoms with Crippen molar-refractivity contribution < 1.29 is 27.8 Å². The van der Waals surface area contributed by atoms with Crippen molar-refractivity contribution in [3.63, 3.8) is 0 Å². The van der Waals surface area contributed by atoms with Crippen molar-refractivity contribution in [3.05, 3.63) is 23.8 Å². The number of rotatable bonds is 3. The zero-order chi connectivity index (χ0) is 15.6. The normalized spacial score (nSPS) is 22.1. The first kappa shape index (κ1) is 15.6. The van der Waals surface area contributed by atoms with Crippen LogP contribution in [0.1, 0.15) is 12.0 Å². The average molecular weight is 304 g/mol. The van der Waals surface area contributed by atoms with E-state index < -0.39 is 29.8 Å². The van der Waals surface area contributed by atoms with Crippen LogP contribution < -0.4 is 15.4 Å². The van der Waals surface area contributed by atoms with E-state index in [2.05, 4.69) is 10.6 Å². The lowest BCUT2D eigenvalue weighted by Crippen LogP contribution is -2.36. The summed E-state index contributed by atoms with van der Waals surface area (Å²) in [4.78, 5) is 11.9. The van der Waals surface area contributed by atoms with Crippen LogP contribution in [0.3, 0.4) is 0 Å². The number of aliphatic hydroxyl groups excluding tert-OH is 1. The van der Waals surface area contributed by atoms with E-state index in [1.54, 1.807) is 0 Å². The number of hydrogen-bond acceptors (Lipinski definition) is 4. The number of anilines is 1. The molecule has 2 unspecified atom stereocenters. The number of halogens is 3. The van der Waals surface area contributed by atoms with E-state index in [4.69, 9.17) is 4.74 Å². The second-order valence-corrected chi connectivity index (χ2v) is 4.75. The van der Waals surface area contributed by atoms with Crippen LogP contribution in [-0.4, -0.2) is 36.8 Å². The van der Waals surface area contributed by atoms with E-state index >= 15 is 0 Å². The van der Waals surface area contributed by atoms with Gasteiger partial charge in [-0.05, 0) is 24.6 Å². The third-order valence-corrected chi connectivity index (χ3v) is 3.21. The summed E-state index contributed by atoms with van der Waals surface area (Å²) in [5.74, 6) is -0.558. The molecule has 1 heterocycles. The summed E-state index contributed by atoms with van der Waals surface area (Å²) in [5, 5.41) is 14.3. The van der Waals surface area contributed by atoms with Gasteiger partial charge in [0.2, 0.25) is 5.91 Å². The Kier molecular flexibility index (Phi) is 4.38. The molecule has 1 amide bonds. The molecule has 2 atom stereocenters. The lowest BCUT2D eigenvalue weighted by Gasteiger charge is -2.17. The van der Waals surface area contributed by atoms with Crippen LogP contribution in [0, 0.1) is 0 Å². The van der Waals surface area contributed by atoms with Crippen LogP contribution in [0.15, 0.2) is 18.2 Å². The fourth-order valence-corrected chi connectivity index (χ4v) is 2.13. The first-order chi connectivity index (χ1) is 9.81. The van der Waals surface area contributed by atoms with Gasteiger partial charge in [-0.1, -0.05) is 0 Å². The van der Waals surface area contributed by atoms with Crippen molar-refractivity contribution in [1.29, 1.82) is 0 Å². The van der Waals surface area contributed by atoms with Crippen LogP contribution in [0.4, 0.5) is 18.9 Å². The Morgan fingerprint density at radius 2 is 2.19 bits per heavy atom. The van der Waals surface area contributed by atoms with Gasteiger partial charge >= 0.3 is 6.18 Å². The Labute approximate surface area is 119 Å².